The van der Waals surface area contributed by atoms with Crippen molar-refractivity contribution in [2.45, 2.75) is 58.8 Å². The molecule has 152 valence electrons. The van der Waals surface area contributed by atoms with Crippen LogP contribution in [0.1, 0.15) is 59.1 Å². The molecule has 0 atom stereocenters. The van der Waals surface area contributed by atoms with Gasteiger partial charge in [-0.25, -0.2) is 12.2 Å². The molecule has 0 nitrogen and oxygen atoms in total. The standard InChI is InChI=1S/C21H25.C5H5.2ClH.Zr/c1-20(2,3)16-7-9-18-14(12-16)11-15-13-17(21(4,5)6)8-10-19(15)18;1-2-4-5-3-1;;;/h7-13H,1-6H3;1-3H,4H2;2*1H;/q2*-1;;;+4/p-2. The third kappa shape index (κ3) is 6.88. The predicted molar refractivity (Wildman–Crippen MR) is 116 cm³/mol. The van der Waals surface area contributed by atoms with Gasteiger partial charge in [0.05, 0.1) is 0 Å². The summed E-state index contributed by atoms with van der Waals surface area (Å²) in [5.74, 6) is 0. The van der Waals surface area contributed by atoms with E-state index in [9.17, 15) is 0 Å². The Bertz CT molecular complexity index is 901. The van der Waals surface area contributed by atoms with E-state index in [1.165, 1.54) is 32.7 Å². The first-order chi connectivity index (χ1) is 12.2. The van der Waals surface area contributed by atoms with E-state index in [4.69, 9.17) is 0 Å². The van der Waals surface area contributed by atoms with Gasteiger partial charge in [-0.15, -0.1) is 46.2 Å². The van der Waals surface area contributed by atoms with Crippen molar-refractivity contribution in [1.82, 2.24) is 0 Å². The number of rotatable bonds is 0. The molecular formula is C26H30Cl2Zr. The molecular weight excluding hydrogens is 474 g/mol. The zero-order chi connectivity index (χ0) is 18.9. The largest absolute Gasteiger partial charge is 4.00 e. The van der Waals surface area contributed by atoms with Crippen molar-refractivity contribution in [2.24, 2.45) is 0 Å². The second kappa shape index (κ2) is 11.0. The Morgan fingerprint density at radius 2 is 1.21 bits per heavy atom. The van der Waals surface area contributed by atoms with E-state index in [0.717, 1.165) is 6.42 Å². The number of benzene rings is 2. The van der Waals surface area contributed by atoms with Crippen LogP contribution in [0.25, 0.3) is 21.5 Å². The van der Waals surface area contributed by atoms with Crippen molar-refractivity contribution in [3.63, 3.8) is 0 Å². The van der Waals surface area contributed by atoms with Gasteiger partial charge in [0.25, 0.3) is 0 Å². The summed E-state index contributed by atoms with van der Waals surface area (Å²) in [4.78, 5) is 0. The number of allylic oxidation sites excluding steroid dienone is 4. The van der Waals surface area contributed by atoms with Crippen LogP contribution < -0.4 is 24.8 Å². The fourth-order valence-corrected chi connectivity index (χ4v) is 3.30. The zero-order valence-electron chi connectivity index (χ0n) is 18.2. The van der Waals surface area contributed by atoms with Crippen molar-refractivity contribution in [2.75, 3.05) is 0 Å². The van der Waals surface area contributed by atoms with Gasteiger partial charge in [0.1, 0.15) is 0 Å². The number of hydrogen-bond acceptors (Lipinski definition) is 0. The molecule has 3 aromatic rings. The van der Waals surface area contributed by atoms with Crippen LogP contribution in [0.5, 0.6) is 0 Å². The monoisotopic (exact) mass is 502 g/mol. The molecule has 0 aliphatic heterocycles. The fourth-order valence-electron chi connectivity index (χ4n) is 3.30. The van der Waals surface area contributed by atoms with Crippen LogP contribution in [0.2, 0.25) is 0 Å². The van der Waals surface area contributed by atoms with E-state index in [1.807, 2.05) is 12.2 Å². The predicted octanol–water partition coefficient (Wildman–Crippen LogP) is 1.62. The Morgan fingerprint density at radius 1 is 0.759 bits per heavy atom. The minimum atomic E-state index is 0. The summed E-state index contributed by atoms with van der Waals surface area (Å²) in [6, 6.07) is 16.2. The second-order valence-corrected chi connectivity index (χ2v) is 9.25. The zero-order valence-corrected chi connectivity index (χ0v) is 22.2. The van der Waals surface area contributed by atoms with E-state index in [2.05, 4.69) is 96.2 Å². The molecule has 0 bridgehead atoms. The van der Waals surface area contributed by atoms with Gasteiger partial charge in [-0.1, -0.05) is 76.9 Å². The molecule has 0 saturated carbocycles. The van der Waals surface area contributed by atoms with Crippen LogP contribution in [0.3, 0.4) is 0 Å². The molecule has 0 unspecified atom stereocenters. The Morgan fingerprint density at radius 3 is 1.48 bits per heavy atom. The third-order valence-corrected chi connectivity index (χ3v) is 5.02. The first-order valence-corrected chi connectivity index (χ1v) is 9.52. The van der Waals surface area contributed by atoms with Crippen molar-refractivity contribution >= 4 is 21.5 Å². The Hall–Kier alpha value is -0.747. The molecule has 3 heteroatoms. The molecule has 0 amide bonds. The second-order valence-electron chi connectivity index (χ2n) is 9.25. The molecule has 1 aliphatic carbocycles. The molecule has 0 aromatic heterocycles. The maximum atomic E-state index is 2.99. The minimum absolute atomic E-state index is 0. The first kappa shape index (κ1) is 28.3. The molecule has 1 aliphatic rings. The molecule has 0 saturated heterocycles. The smallest absolute Gasteiger partial charge is 1.00 e. The van der Waals surface area contributed by atoms with Gasteiger partial charge in [-0.05, 0) is 10.8 Å². The van der Waals surface area contributed by atoms with Gasteiger partial charge in [0.2, 0.25) is 0 Å². The topological polar surface area (TPSA) is 0 Å². The van der Waals surface area contributed by atoms with Crippen LogP contribution in [-0.2, 0) is 37.0 Å². The van der Waals surface area contributed by atoms with Crippen LogP contribution >= 0.6 is 0 Å². The average molecular weight is 505 g/mol. The van der Waals surface area contributed by atoms with Gasteiger partial charge in [-0.3, -0.25) is 6.08 Å². The van der Waals surface area contributed by atoms with Crippen LogP contribution in [0.4, 0.5) is 0 Å². The summed E-state index contributed by atoms with van der Waals surface area (Å²) in [5.41, 5.74) is 3.21. The summed E-state index contributed by atoms with van der Waals surface area (Å²) in [7, 11) is 0. The van der Waals surface area contributed by atoms with Gasteiger partial charge >= 0.3 is 26.2 Å². The summed E-state index contributed by atoms with van der Waals surface area (Å²) >= 11 is 0. The van der Waals surface area contributed by atoms with Crippen molar-refractivity contribution < 1.29 is 51.0 Å². The van der Waals surface area contributed by atoms with E-state index in [1.54, 1.807) is 0 Å². The summed E-state index contributed by atoms with van der Waals surface area (Å²) < 4.78 is 0. The number of halogens is 2. The molecule has 29 heavy (non-hydrogen) atoms. The van der Waals surface area contributed by atoms with Crippen molar-refractivity contribution in [1.29, 1.82) is 0 Å². The van der Waals surface area contributed by atoms with E-state index in [-0.39, 0.29) is 61.8 Å². The normalized spacial score (nSPS) is 12.6. The SMILES string of the molecule is CC(C)(C)c1ccc2c(c1)[cH-]c1cc(C(C)(C)C)ccc12.[C-]1=CC=CC1.[Cl-].[Cl-].[Zr+4]. The van der Waals surface area contributed by atoms with E-state index < -0.39 is 0 Å². The van der Waals surface area contributed by atoms with Crippen LogP contribution in [-0.4, -0.2) is 0 Å². The summed E-state index contributed by atoms with van der Waals surface area (Å²) in [6.45, 7) is 13.6. The molecule has 0 N–H and O–H groups in total. The Kier molecular flexibility index (Phi) is 10.8. The van der Waals surface area contributed by atoms with Gasteiger partial charge < -0.3 is 24.8 Å². The van der Waals surface area contributed by atoms with E-state index in [0.29, 0.717) is 0 Å². The van der Waals surface area contributed by atoms with Gasteiger partial charge in [0, 0.05) is 0 Å². The van der Waals surface area contributed by atoms with Crippen LogP contribution in [0.15, 0.2) is 60.7 Å². The van der Waals surface area contributed by atoms with Gasteiger partial charge in [0.15, 0.2) is 0 Å². The Balaban J connectivity index is 0.000000863. The molecule has 0 heterocycles. The van der Waals surface area contributed by atoms with Crippen LogP contribution in [0, 0.1) is 6.08 Å². The van der Waals surface area contributed by atoms with Gasteiger partial charge in [-0.2, -0.15) is 6.08 Å². The maximum Gasteiger partial charge on any atom is 4.00 e. The number of fused-ring (bicyclic) bond motifs is 3. The fraction of sp³-hybridized carbons (Fsp3) is 0.346. The molecule has 0 spiro atoms. The van der Waals surface area contributed by atoms with Crippen molar-refractivity contribution in [3.05, 3.63) is 77.9 Å². The minimum Gasteiger partial charge on any atom is -1.00 e. The molecule has 4 rings (SSSR count). The third-order valence-electron chi connectivity index (χ3n) is 5.02. The summed E-state index contributed by atoms with van der Waals surface area (Å²) in [5, 5.41) is 5.48. The molecule has 3 aromatic carbocycles. The molecule has 0 fully saturated rings. The van der Waals surface area contributed by atoms with Crippen molar-refractivity contribution in [3.8, 4) is 0 Å². The summed E-state index contributed by atoms with van der Waals surface area (Å²) in [6.07, 6.45) is 10.0. The first-order valence-electron chi connectivity index (χ1n) is 9.52. The van der Waals surface area contributed by atoms with E-state index >= 15 is 0 Å². The maximum absolute atomic E-state index is 2.99. The number of hydrogen-bond donors (Lipinski definition) is 0. The average Bonchev–Trinajstić information content (AvgIpc) is 3.23. The quantitative estimate of drug-likeness (QED) is 0.409. The Labute approximate surface area is 208 Å². The molecule has 0 radical (unpaired) electrons.